The highest BCUT2D eigenvalue weighted by atomic mass is 16.5. The molecule has 0 fully saturated rings. The van der Waals surface area contributed by atoms with Gasteiger partial charge in [0.25, 0.3) is 0 Å². The molecule has 0 aromatic heterocycles. The predicted octanol–water partition coefficient (Wildman–Crippen LogP) is 3.30. The molecule has 0 unspecified atom stereocenters. The van der Waals surface area contributed by atoms with Crippen molar-refractivity contribution in [3.05, 3.63) is 29.3 Å². The first kappa shape index (κ1) is 15.2. The van der Waals surface area contributed by atoms with Crippen molar-refractivity contribution < 1.29 is 14.3 Å². The summed E-state index contributed by atoms with van der Waals surface area (Å²) in [7, 11) is 1.35. The summed E-state index contributed by atoms with van der Waals surface area (Å²) in [6, 6.07) is 5.22. The molecule has 1 aromatic carbocycles. The smallest absolute Gasteiger partial charge is 0.338 e. The molecule has 0 aliphatic heterocycles. The minimum Gasteiger partial charge on any atom is -0.465 e. The number of benzene rings is 1. The van der Waals surface area contributed by atoms with E-state index in [1.807, 2.05) is 0 Å². The number of carbonyl (C=O) groups excluding carboxylic acids is 2. The maximum absolute atomic E-state index is 11.8. The molecule has 4 heteroatoms. The Morgan fingerprint density at radius 1 is 1.26 bits per heavy atom. The molecule has 104 valence electrons. The van der Waals surface area contributed by atoms with Crippen LogP contribution in [0.25, 0.3) is 0 Å². The Labute approximate surface area is 114 Å². The molecule has 0 atom stereocenters. The summed E-state index contributed by atoms with van der Waals surface area (Å²) in [5, 5.41) is 2.84. The van der Waals surface area contributed by atoms with Gasteiger partial charge in [0.2, 0.25) is 5.91 Å². The third-order valence-corrected chi connectivity index (χ3v) is 3.02. The first-order valence-electron chi connectivity index (χ1n) is 6.58. The second-order valence-corrected chi connectivity index (χ2v) is 4.47. The van der Waals surface area contributed by atoms with E-state index < -0.39 is 0 Å². The van der Waals surface area contributed by atoms with E-state index in [-0.39, 0.29) is 11.9 Å². The molecule has 19 heavy (non-hydrogen) atoms. The predicted molar refractivity (Wildman–Crippen MR) is 75.3 cm³/mol. The van der Waals surface area contributed by atoms with E-state index in [0.29, 0.717) is 17.7 Å². The number of anilines is 1. The van der Waals surface area contributed by atoms with Crippen LogP contribution in [0.4, 0.5) is 5.69 Å². The third-order valence-electron chi connectivity index (χ3n) is 3.02. The van der Waals surface area contributed by atoms with Gasteiger partial charge in [0.1, 0.15) is 0 Å². The van der Waals surface area contributed by atoms with Gasteiger partial charge in [0.05, 0.1) is 12.7 Å². The second kappa shape index (κ2) is 7.56. The standard InChI is InChI=1S/C15H21NO3/c1-4-5-6-10-14(17)16-13-9-7-8-12(11(13)2)15(18)19-3/h7-9H,4-6,10H2,1-3H3,(H,16,17). The molecule has 0 bridgehead atoms. The summed E-state index contributed by atoms with van der Waals surface area (Å²) in [6.07, 6.45) is 3.53. The van der Waals surface area contributed by atoms with Crippen molar-refractivity contribution in [2.45, 2.75) is 39.5 Å². The van der Waals surface area contributed by atoms with Crippen molar-refractivity contribution in [2.24, 2.45) is 0 Å². The number of amides is 1. The highest BCUT2D eigenvalue weighted by Gasteiger charge is 2.13. The van der Waals surface area contributed by atoms with Gasteiger partial charge < -0.3 is 10.1 Å². The van der Waals surface area contributed by atoms with E-state index >= 15 is 0 Å². The van der Waals surface area contributed by atoms with Crippen molar-refractivity contribution in [1.82, 2.24) is 0 Å². The van der Waals surface area contributed by atoms with Gasteiger partial charge in [-0.05, 0) is 31.0 Å². The first-order valence-corrected chi connectivity index (χ1v) is 6.58. The average molecular weight is 263 g/mol. The first-order chi connectivity index (χ1) is 9.10. The van der Waals surface area contributed by atoms with Crippen LogP contribution in [0.1, 0.15) is 48.5 Å². The topological polar surface area (TPSA) is 55.4 Å². The number of hydrogen-bond donors (Lipinski definition) is 1. The lowest BCUT2D eigenvalue weighted by atomic mass is 10.1. The maximum Gasteiger partial charge on any atom is 0.338 e. The van der Waals surface area contributed by atoms with Gasteiger partial charge in [0.15, 0.2) is 0 Å². The van der Waals surface area contributed by atoms with Crippen LogP contribution < -0.4 is 5.32 Å². The highest BCUT2D eigenvalue weighted by molar-refractivity contribution is 5.96. The third kappa shape index (κ3) is 4.39. The zero-order valence-electron chi connectivity index (χ0n) is 11.8. The van der Waals surface area contributed by atoms with Gasteiger partial charge in [-0.15, -0.1) is 0 Å². The summed E-state index contributed by atoms with van der Waals surface area (Å²) in [5.41, 5.74) is 1.89. The van der Waals surface area contributed by atoms with Crippen LogP contribution in [0.3, 0.4) is 0 Å². The lowest BCUT2D eigenvalue weighted by Crippen LogP contribution is -2.13. The Morgan fingerprint density at radius 2 is 2.00 bits per heavy atom. The zero-order chi connectivity index (χ0) is 14.3. The quantitative estimate of drug-likeness (QED) is 0.633. The Balaban J connectivity index is 2.73. The molecule has 0 spiro atoms. The number of hydrogen-bond acceptors (Lipinski definition) is 3. The van der Waals surface area contributed by atoms with Crippen LogP contribution in [0.5, 0.6) is 0 Å². The van der Waals surface area contributed by atoms with Crippen molar-refractivity contribution in [3.63, 3.8) is 0 Å². The number of methoxy groups -OCH3 is 1. The van der Waals surface area contributed by atoms with Gasteiger partial charge in [0, 0.05) is 12.1 Å². The molecule has 4 nitrogen and oxygen atoms in total. The molecule has 1 amide bonds. The SMILES string of the molecule is CCCCCC(=O)Nc1cccc(C(=O)OC)c1C. The normalized spacial score (nSPS) is 10.1. The molecular formula is C15H21NO3. The molecule has 1 N–H and O–H groups in total. The van der Waals surface area contributed by atoms with Crippen LogP contribution in [0.2, 0.25) is 0 Å². The van der Waals surface area contributed by atoms with Gasteiger partial charge >= 0.3 is 5.97 Å². The van der Waals surface area contributed by atoms with Gasteiger partial charge in [-0.3, -0.25) is 4.79 Å². The summed E-state index contributed by atoms with van der Waals surface area (Å²) < 4.78 is 4.70. The van der Waals surface area contributed by atoms with Crippen LogP contribution in [0, 0.1) is 6.92 Å². The Morgan fingerprint density at radius 3 is 2.63 bits per heavy atom. The van der Waals surface area contributed by atoms with Crippen LogP contribution in [-0.4, -0.2) is 19.0 Å². The summed E-state index contributed by atoms with van der Waals surface area (Å²) in [5.74, 6) is -0.404. The van der Waals surface area contributed by atoms with Crippen LogP contribution >= 0.6 is 0 Å². The van der Waals surface area contributed by atoms with Crippen molar-refractivity contribution >= 4 is 17.6 Å². The van der Waals surface area contributed by atoms with E-state index in [0.717, 1.165) is 24.8 Å². The van der Waals surface area contributed by atoms with E-state index in [1.165, 1.54) is 7.11 Å². The lowest BCUT2D eigenvalue weighted by molar-refractivity contribution is -0.116. The molecule has 0 saturated heterocycles. The van der Waals surface area contributed by atoms with E-state index in [4.69, 9.17) is 4.74 Å². The molecule has 1 rings (SSSR count). The van der Waals surface area contributed by atoms with E-state index in [1.54, 1.807) is 25.1 Å². The number of carbonyl (C=O) groups is 2. The molecular weight excluding hydrogens is 242 g/mol. The summed E-state index contributed by atoms with van der Waals surface area (Å²) in [6.45, 7) is 3.90. The molecule has 0 heterocycles. The minimum atomic E-state index is -0.389. The largest absolute Gasteiger partial charge is 0.465 e. The average Bonchev–Trinajstić information content (AvgIpc) is 2.40. The van der Waals surface area contributed by atoms with E-state index in [2.05, 4.69) is 12.2 Å². The van der Waals surface area contributed by atoms with Crippen LogP contribution in [-0.2, 0) is 9.53 Å². The molecule has 1 aromatic rings. The van der Waals surface area contributed by atoms with Crippen molar-refractivity contribution in [3.8, 4) is 0 Å². The zero-order valence-corrected chi connectivity index (χ0v) is 11.8. The highest BCUT2D eigenvalue weighted by Crippen LogP contribution is 2.20. The molecule has 0 saturated carbocycles. The monoisotopic (exact) mass is 263 g/mol. The summed E-state index contributed by atoms with van der Waals surface area (Å²) in [4.78, 5) is 23.3. The second-order valence-electron chi connectivity index (χ2n) is 4.47. The number of esters is 1. The van der Waals surface area contributed by atoms with Crippen molar-refractivity contribution in [1.29, 1.82) is 0 Å². The number of rotatable bonds is 6. The fourth-order valence-electron chi connectivity index (χ4n) is 1.85. The van der Waals surface area contributed by atoms with Crippen LogP contribution in [0.15, 0.2) is 18.2 Å². The molecule has 0 radical (unpaired) electrons. The maximum atomic E-state index is 11.8. The lowest BCUT2D eigenvalue weighted by Gasteiger charge is -2.11. The van der Waals surface area contributed by atoms with Gasteiger partial charge in [-0.2, -0.15) is 0 Å². The fraction of sp³-hybridized carbons (Fsp3) is 0.467. The number of unbranched alkanes of at least 4 members (excludes halogenated alkanes) is 2. The molecule has 0 aliphatic rings. The Kier molecular flexibility index (Phi) is 6.06. The fourth-order valence-corrected chi connectivity index (χ4v) is 1.85. The number of ether oxygens (including phenoxy) is 1. The number of nitrogens with one attached hydrogen (secondary N) is 1. The van der Waals surface area contributed by atoms with Crippen molar-refractivity contribution in [2.75, 3.05) is 12.4 Å². The van der Waals surface area contributed by atoms with Gasteiger partial charge in [-0.25, -0.2) is 4.79 Å². The minimum absolute atomic E-state index is 0.0152. The molecule has 0 aliphatic carbocycles. The van der Waals surface area contributed by atoms with Gasteiger partial charge in [-0.1, -0.05) is 25.8 Å². The van der Waals surface area contributed by atoms with E-state index in [9.17, 15) is 9.59 Å². The Bertz CT molecular complexity index is 455. The Hall–Kier alpha value is -1.84. The summed E-state index contributed by atoms with van der Waals surface area (Å²) >= 11 is 0.